The van der Waals surface area contributed by atoms with Gasteiger partial charge in [-0.05, 0) is 24.3 Å². The molecule has 21 heavy (non-hydrogen) atoms. The van der Waals surface area contributed by atoms with Crippen LogP contribution in [0, 0.1) is 0 Å². The smallest absolute Gasteiger partial charge is 0.195 e. The second kappa shape index (κ2) is 5.25. The van der Waals surface area contributed by atoms with Crippen LogP contribution in [0.15, 0.2) is 54.7 Å². The standard InChI is InChI=1S/C17H14N2O2/c1-21-13-6-7-14(15(18)10-13)17(20)12-5-4-11-3-2-8-19-16(11)9-12/h2-10H,18H2,1H3. The number of aromatic nitrogens is 1. The van der Waals surface area contributed by atoms with Crippen molar-refractivity contribution in [1.82, 2.24) is 4.98 Å². The predicted molar refractivity (Wildman–Crippen MR) is 82.6 cm³/mol. The van der Waals surface area contributed by atoms with Gasteiger partial charge in [-0.1, -0.05) is 18.2 Å². The maximum atomic E-state index is 12.6. The van der Waals surface area contributed by atoms with Crippen LogP contribution in [0.5, 0.6) is 5.75 Å². The molecule has 104 valence electrons. The SMILES string of the molecule is COc1ccc(C(=O)c2ccc3cccnc3c2)c(N)c1. The number of pyridine rings is 1. The van der Waals surface area contributed by atoms with E-state index >= 15 is 0 Å². The lowest BCUT2D eigenvalue weighted by Crippen LogP contribution is -2.05. The first-order chi connectivity index (χ1) is 10.2. The van der Waals surface area contributed by atoms with Gasteiger partial charge < -0.3 is 10.5 Å². The van der Waals surface area contributed by atoms with Gasteiger partial charge in [-0.25, -0.2) is 0 Å². The molecule has 0 aliphatic heterocycles. The van der Waals surface area contributed by atoms with Gasteiger partial charge in [0.2, 0.25) is 0 Å². The number of hydrogen-bond donors (Lipinski definition) is 1. The Kier molecular flexibility index (Phi) is 3.28. The lowest BCUT2D eigenvalue weighted by molar-refractivity contribution is 0.103. The lowest BCUT2D eigenvalue weighted by Gasteiger charge is -2.08. The van der Waals surface area contributed by atoms with E-state index in [0.717, 1.165) is 10.9 Å². The Bertz CT molecular complexity index is 828. The summed E-state index contributed by atoms with van der Waals surface area (Å²) < 4.78 is 5.09. The molecular formula is C17H14N2O2. The summed E-state index contributed by atoms with van der Waals surface area (Å²) in [5.74, 6) is 0.506. The molecule has 2 aromatic carbocycles. The number of fused-ring (bicyclic) bond motifs is 1. The summed E-state index contributed by atoms with van der Waals surface area (Å²) in [4.78, 5) is 16.8. The number of nitrogen functional groups attached to an aromatic ring is 1. The summed E-state index contributed by atoms with van der Waals surface area (Å²) in [5, 5.41) is 0.997. The Labute approximate surface area is 122 Å². The Hall–Kier alpha value is -2.88. The molecule has 0 saturated heterocycles. The van der Waals surface area contributed by atoms with Crippen molar-refractivity contribution in [2.24, 2.45) is 0 Å². The summed E-state index contributed by atoms with van der Waals surface area (Å²) in [5.41, 5.74) is 8.15. The van der Waals surface area contributed by atoms with Gasteiger partial charge in [0.15, 0.2) is 5.78 Å². The fourth-order valence-corrected chi connectivity index (χ4v) is 2.24. The summed E-state index contributed by atoms with van der Waals surface area (Å²) in [6.07, 6.45) is 1.71. The van der Waals surface area contributed by atoms with E-state index in [1.54, 1.807) is 43.6 Å². The van der Waals surface area contributed by atoms with Crippen molar-refractivity contribution in [3.63, 3.8) is 0 Å². The molecule has 4 heteroatoms. The van der Waals surface area contributed by atoms with Gasteiger partial charge in [-0.2, -0.15) is 0 Å². The lowest BCUT2D eigenvalue weighted by atomic mass is 10.0. The highest BCUT2D eigenvalue weighted by molar-refractivity contribution is 6.13. The maximum Gasteiger partial charge on any atom is 0.195 e. The van der Waals surface area contributed by atoms with Crippen molar-refractivity contribution in [3.8, 4) is 5.75 Å². The van der Waals surface area contributed by atoms with Crippen LogP contribution in [0.4, 0.5) is 5.69 Å². The molecule has 3 rings (SSSR count). The first-order valence-corrected chi connectivity index (χ1v) is 6.52. The van der Waals surface area contributed by atoms with E-state index in [-0.39, 0.29) is 5.78 Å². The van der Waals surface area contributed by atoms with Crippen molar-refractivity contribution in [2.75, 3.05) is 12.8 Å². The van der Waals surface area contributed by atoms with Crippen LogP contribution in [-0.4, -0.2) is 17.9 Å². The molecule has 0 bridgehead atoms. The number of benzene rings is 2. The second-order valence-electron chi connectivity index (χ2n) is 4.69. The fraction of sp³-hybridized carbons (Fsp3) is 0.0588. The van der Waals surface area contributed by atoms with Gasteiger partial charge in [0, 0.05) is 34.5 Å². The molecule has 0 amide bonds. The Morgan fingerprint density at radius 1 is 1.14 bits per heavy atom. The highest BCUT2D eigenvalue weighted by Gasteiger charge is 2.13. The Morgan fingerprint density at radius 3 is 2.76 bits per heavy atom. The number of nitrogens with two attached hydrogens (primary N) is 1. The number of ether oxygens (including phenoxy) is 1. The van der Waals surface area contributed by atoms with Crippen LogP contribution < -0.4 is 10.5 Å². The predicted octanol–water partition coefficient (Wildman–Crippen LogP) is 3.06. The van der Waals surface area contributed by atoms with Gasteiger partial charge in [-0.15, -0.1) is 0 Å². The summed E-state index contributed by atoms with van der Waals surface area (Å²) >= 11 is 0. The van der Waals surface area contributed by atoms with E-state index in [0.29, 0.717) is 22.6 Å². The first-order valence-electron chi connectivity index (χ1n) is 6.52. The quantitative estimate of drug-likeness (QED) is 0.590. The average molecular weight is 278 g/mol. The number of rotatable bonds is 3. The zero-order chi connectivity index (χ0) is 14.8. The Balaban J connectivity index is 2.03. The van der Waals surface area contributed by atoms with Gasteiger partial charge in [0.25, 0.3) is 0 Å². The molecule has 4 nitrogen and oxygen atoms in total. The van der Waals surface area contributed by atoms with Crippen molar-refractivity contribution in [3.05, 3.63) is 65.9 Å². The monoisotopic (exact) mass is 278 g/mol. The molecule has 1 heterocycles. The van der Waals surface area contributed by atoms with Crippen LogP contribution in [0.25, 0.3) is 10.9 Å². The van der Waals surface area contributed by atoms with Crippen molar-refractivity contribution < 1.29 is 9.53 Å². The molecule has 0 spiro atoms. The molecule has 0 aliphatic rings. The van der Waals surface area contributed by atoms with Gasteiger partial charge >= 0.3 is 0 Å². The minimum atomic E-state index is -0.122. The second-order valence-corrected chi connectivity index (χ2v) is 4.69. The van der Waals surface area contributed by atoms with Crippen LogP contribution in [0.3, 0.4) is 0 Å². The third-order valence-corrected chi connectivity index (χ3v) is 3.37. The number of carbonyl (C=O) groups is 1. The number of ketones is 1. The van der Waals surface area contributed by atoms with E-state index < -0.39 is 0 Å². The molecule has 0 aliphatic carbocycles. The first kappa shape index (κ1) is 13.1. The molecule has 0 fully saturated rings. The van der Waals surface area contributed by atoms with Crippen LogP contribution in [-0.2, 0) is 0 Å². The zero-order valence-electron chi connectivity index (χ0n) is 11.5. The molecule has 1 aromatic heterocycles. The average Bonchev–Trinajstić information content (AvgIpc) is 2.53. The number of methoxy groups -OCH3 is 1. The van der Waals surface area contributed by atoms with Crippen molar-refractivity contribution in [2.45, 2.75) is 0 Å². The van der Waals surface area contributed by atoms with E-state index in [1.807, 2.05) is 18.2 Å². The Morgan fingerprint density at radius 2 is 2.00 bits per heavy atom. The minimum absolute atomic E-state index is 0.122. The van der Waals surface area contributed by atoms with Crippen LogP contribution in [0.2, 0.25) is 0 Å². The zero-order valence-corrected chi connectivity index (χ0v) is 11.5. The number of carbonyl (C=O) groups excluding carboxylic acids is 1. The molecular weight excluding hydrogens is 264 g/mol. The topological polar surface area (TPSA) is 65.2 Å². The number of nitrogens with zero attached hydrogens (tertiary/aromatic N) is 1. The van der Waals surface area contributed by atoms with Crippen molar-refractivity contribution >= 4 is 22.4 Å². The molecule has 0 atom stereocenters. The number of anilines is 1. The van der Waals surface area contributed by atoms with Crippen LogP contribution in [0.1, 0.15) is 15.9 Å². The highest BCUT2D eigenvalue weighted by Crippen LogP contribution is 2.23. The molecule has 3 aromatic rings. The molecule has 2 N–H and O–H groups in total. The summed E-state index contributed by atoms with van der Waals surface area (Å²) in [6, 6.07) is 14.3. The van der Waals surface area contributed by atoms with Gasteiger partial charge in [-0.3, -0.25) is 9.78 Å². The van der Waals surface area contributed by atoms with Gasteiger partial charge in [0.1, 0.15) is 5.75 Å². The third-order valence-electron chi connectivity index (χ3n) is 3.37. The molecule has 0 saturated carbocycles. The summed E-state index contributed by atoms with van der Waals surface area (Å²) in [7, 11) is 1.56. The van der Waals surface area contributed by atoms with E-state index in [1.165, 1.54) is 0 Å². The van der Waals surface area contributed by atoms with E-state index in [4.69, 9.17) is 10.5 Å². The third kappa shape index (κ3) is 2.43. The highest BCUT2D eigenvalue weighted by atomic mass is 16.5. The normalized spacial score (nSPS) is 10.5. The van der Waals surface area contributed by atoms with E-state index in [9.17, 15) is 4.79 Å². The maximum absolute atomic E-state index is 12.6. The largest absolute Gasteiger partial charge is 0.497 e. The number of hydrogen-bond acceptors (Lipinski definition) is 4. The summed E-state index contributed by atoms with van der Waals surface area (Å²) in [6.45, 7) is 0. The fourth-order valence-electron chi connectivity index (χ4n) is 2.24. The van der Waals surface area contributed by atoms with Crippen LogP contribution >= 0.6 is 0 Å². The van der Waals surface area contributed by atoms with Crippen molar-refractivity contribution in [1.29, 1.82) is 0 Å². The molecule has 0 radical (unpaired) electrons. The van der Waals surface area contributed by atoms with E-state index in [2.05, 4.69) is 4.98 Å². The van der Waals surface area contributed by atoms with Gasteiger partial charge in [0.05, 0.1) is 12.6 Å². The molecule has 0 unspecified atom stereocenters. The minimum Gasteiger partial charge on any atom is -0.497 e.